The summed E-state index contributed by atoms with van der Waals surface area (Å²) in [6, 6.07) is 7.53. The van der Waals surface area contributed by atoms with Crippen molar-refractivity contribution in [3.8, 4) is 5.75 Å². The Hall–Kier alpha value is -1.12. The summed E-state index contributed by atoms with van der Waals surface area (Å²) in [5.74, 6) is 0.983. The van der Waals surface area contributed by atoms with Gasteiger partial charge in [-0.1, -0.05) is 22.0 Å². The highest BCUT2D eigenvalue weighted by atomic mass is 79.9. The zero-order chi connectivity index (χ0) is 17.6. The summed E-state index contributed by atoms with van der Waals surface area (Å²) in [7, 11) is -2.94. The molecule has 24 heavy (non-hydrogen) atoms. The van der Waals surface area contributed by atoms with Crippen LogP contribution in [0, 0.1) is 0 Å². The average molecular weight is 419 g/mol. The van der Waals surface area contributed by atoms with Gasteiger partial charge in [0.15, 0.2) is 0 Å². The van der Waals surface area contributed by atoms with E-state index in [2.05, 4.69) is 20.8 Å². The lowest BCUT2D eigenvalue weighted by atomic mass is 10.3. The zero-order valence-corrected chi connectivity index (χ0v) is 16.2. The third kappa shape index (κ3) is 6.78. The first-order valence-electron chi connectivity index (χ1n) is 7.90. The minimum absolute atomic E-state index is 0.0766. The number of ether oxygens (including phenoxy) is 1. The monoisotopic (exact) mass is 418 g/mol. The molecule has 1 amide bonds. The Morgan fingerprint density at radius 3 is 2.58 bits per heavy atom. The van der Waals surface area contributed by atoms with E-state index in [1.54, 1.807) is 0 Å². The summed E-state index contributed by atoms with van der Waals surface area (Å²) in [5.41, 5.74) is 0. The molecule has 0 aliphatic carbocycles. The van der Waals surface area contributed by atoms with Crippen LogP contribution in [0.3, 0.4) is 0 Å². The first kappa shape index (κ1) is 19.2. The quantitative estimate of drug-likeness (QED) is 0.669. The molecular formula is C16H23BrN2O4S. The van der Waals surface area contributed by atoms with Gasteiger partial charge in [-0.3, -0.25) is 9.69 Å². The highest BCUT2D eigenvalue weighted by Crippen LogP contribution is 2.18. The number of sulfone groups is 1. The van der Waals surface area contributed by atoms with Crippen LogP contribution in [-0.4, -0.2) is 75.5 Å². The number of rotatable bonds is 7. The number of hydrogen-bond donors (Lipinski definition) is 0. The largest absolute Gasteiger partial charge is 0.493 e. The van der Waals surface area contributed by atoms with Gasteiger partial charge in [0.2, 0.25) is 5.91 Å². The lowest BCUT2D eigenvalue weighted by molar-refractivity contribution is -0.133. The second kappa shape index (κ2) is 8.82. The summed E-state index contributed by atoms with van der Waals surface area (Å²) in [4.78, 5) is 16.1. The van der Waals surface area contributed by atoms with Gasteiger partial charge in [0.25, 0.3) is 0 Å². The van der Waals surface area contributed by atoms with E-state index in [1.807, 2.05) is 29.2 Å². The van der Waals surface area contributed by atoms with Gasteiger partial charge >= 0.3 is 0 Å². The third-order valence-electron chi connectivity index (χ3n) is 3.88. The van der Waals surface area contributed by atoms with Crippen LogP contribution in [0.4, 0.5) is 0 Å². The Balaban J connectivity index is 1.67. The van der Waals surface area contributed by atoms with E-state index >= 15 is 0 Å². The first-order chi connectivity index (χ1) is 11.3. The number of halogens is 1. The van der Waals surface area contributed by atoms with Gasteiger partial charge in [-0.2, -0.15) is 0 Å². The Morgan fingerprint density at radius 1 is 1.25 bits per heavy atom. The molecule has 1 aromatic rings. The molecule has 0 radical (unpaired) electrons. The lowest BCUT2D eigenvalue weighted by Gasteiger charge is -2.34. The van der Waals surface area contributed by atoms with E-state index in [4.69, 9.17) is 4.74 Å². The Kier molecular flexibility index (Phi) is 7.06. The molecule has 1 heterocycles. The smallest absolute Gasteiger partial charge is 0.226 e. The van der Waals surface area contributed by atoms with Crippen LogP contribution in [0.2, 0.25) is 0 Å². The first-order valence-corrected chi connectivity index (χ1v) is 10.7. The maximum Gasteiger partial charge on any atom is 0.226 e. The number of carbonyl (C=O) groups is 1. The fourth-order valence-corrected chi connectivity index (χ4v) is 3.45. The number of piperazine rings is 1. The van der Waals surface area contributed by atoms with E-state index in [9.17, 15) is 13.2 Å². The predicted octanol–water partition coefficient (Wildman–Crippen LogP) is 1.41. The van der Waals surface area contributed by atoms with Gasteiger partial charge < -0.3 is 9.64 Å². The van der Waals surface area contributed by atoms with Gasteiger partial charge in [0, 0.05) is 43.5 Å². The molecule has 1 aliphatic heterocycles. The second-order valence-corrected chi connectivity index (χ2v) is 9.08. The van der Waals surface area contributed by atoms with E-state index < -0.39 is 9.84 Å². The highest BCUT2D eigenvalue weighted by Gasteiger charge is 2.21. The molecule has 2 rings (SSSR count). The van der Waals surface area contributed by atoms with Crippen molar-refractivity contribution >= 4 is 31.7 Å². The molecule has 8 heteroatoms. The Labute approximate surface area is 151 Å². The minimum Gasteiger partial charge on any atom is -0.493 e. The number of hydrogen-bond acceptors (Lipinski definition) is 5. The SMILES string of the molecule is CS(=O)(=O)CCN1CCN(C(=O)CCOc2cccc(Br)c2)CC1. The zero-order valence-electron chi connectivity index (χ0n) is 13.8. The van der Waals surface area contributed by atoms with Crippen LogP contribution in [0.5, 0.6) is 5.75 Å². The Bertz CT molecular complexity index is 658. The topological polar surface area (TPSA) is 66.9 Å². The number of nitrogens with zero attached hydrogens (tertiary/aromatic N) is 2. The van der Waals surface area contributed by atoms with E-state index in [0.717, 1.165) is 10.2 Å². The fraction of sp³-hybridized carbons (Fsp3) is 0.562. The third-order valence-corrected chi connectivity index (χ3v) is 5.30. The summed E-state index contributed by atoms with van der Waals surface area (Å²) in [5, 5.41) is 0. The number of carbonyl (C=O) groups excluding carboxylic acids is 1. The molecule has 6 nitrogen and oxygen atoms in total. The summed E-state index contributed by atoms with van der Waals surface area (Å²) < 4.78 is 28.9. The van der Waals surface area contributed by atoms with Crippen LogP contribution in [0.25, 0.3) is 0 Å². The van der Waals surface area contributed by atoms with Crippen LogP contribution in [0.15, 0.2) is 28.7 Å². The van der Waals surface area contributed by atoms with E-state index in [0.29, 0.717) is 45.8 Å². The maximum atomic E-state index is 12.2. The molecule has 0 bridgehead atoms. The highest BCUT2D eigenvalue weighted by molar-refractivity contribution is 9.10. The normalized spacial score (nSPS) is 16.2. The number of amides is 1. The van der Waals surface area contributed by atoms with Crippen LogP contribution < -0.4 is 4.74 Å². The van der Waals surface area contributed by atoms with Crippen LogP contribution in [-0.2, 0) is 14.6 Å². The molecule has 1 aromatic carbocycles. The standard InChI is InChI=1S/C16H23BrN2O4S/c1-24(21,22)12-10-18-6-8-19(9-7-18)16(20)5-11-23-15-4-2-3-14(17)13-15/h2-4,13H,5-12H2,1H3. The van der Waals surface area contributed by atoms with Gasteiger partial charge in [-0.15, -0.1) is 0 Å². The van der Waals surface area contributed by atoms with Crippen LogP contribution in [0.1, 0.15) is 6.42 Å². The van der Waals surface area contributed by atoms with Gasteiger partial charge in [0.05, 0.1) is 18.8 Å². The number of benzene rings is 1. The van der Waals surface area contributed by atoms with Gasteiger partial charge in [0.1, 0.15) is 15.6 Å². The van der Waals surface area contributed by atoms with E-state index in [1.165, 1.54) is 6.26 Å². The minimum atomic E-state index is -2.94. The molecule has 0 atom stereocenters. The molecular weight excluding hydrogens is 396 g/mol. The van der Waals surface area contributed by atoms with E-state index in [-0.39, 0.29) is 11.7 Å². The molecule has 0 unspecified atom stereocenters. The van der Waals surface area contributed by atoms with Crippen molar-refractivity contribution in [2.24, 2.45) is 0 Å². The van der Waals surface area contributed by atoms with Gasteiger partial charge in [-0.25, -0.2) is 8.42 Å². The molecule has 134 valence electrons. The van der Waals surface area contributed by atoms with Crippen molar-refractivity contribution in [3.05, 3.63) is 28.7 Å². The maximum absolute atomic E-state index is 12.2. The molecule has 0 spiro atoms. The van der Waals surface area contributed by atoms with Crippen molar-refractivity contribution in [2.75, 3.05) is 51.3 Å². The van der Waals surface area contributed by atoms with Gasteiger partial charge in [-0.05, 0) is 18.2 Å². The second-order valence-electron chi connectivity index (χ2n) is 5.91. The fourth-order valence-electron chi connectivity index (χ4n) is 2.49. The lowest BCUT2D eigenvalue weighted by Crippen LogP contribution is -2.49. The predicted molar refractivity (Wildman–Crippen MR) is 97.0 cm³/mol. The molecule has 1 fully saturated rings. The molecule has 1 aliphatic rings. The summed E-state index contributed by atoms with van der Waals surface area (Å²) in [6.07, 6.45) is 1.59. The molecule has 0 N–H and O–H groups in total. The molecule has 0 saturated carbocycles. The Morgan fingerprint density at radius 2 is 1.96 bits per heavy atom. The summed E-state index contributed by atoms with van der Waals surface area (Å²) in [6.45, 7) is 3.59. The van der Waals surface area contributed by atoms with Crippen molar-refractivity contribution in [3.63, 3.8) is 0 Å². The van der Waals surface area contributed by atoms with Crippen molar-refractivity contribution in [2.45, 2.75) is 6.42 Å². The van der Waals surface area contributed by atoms with Crippen molar-refractivity contribution < 1.29 is 17.9 Å². The molecule has 0 aromatic heterocycles. The average Bonchev–Trinajstić information content (AvgIpc) is 2.53. The van der Waals surface area contributed by atoms with Crippen molar-refractivity contribution in [1.82, 2.24) is 9.80 Å². The van der Waals surface area contributed by atoms with Crippen LogP contribution >= 0.6 is 15.9 Å². The molecule has 1 saturated heterocycles. The summed E-state index contributed by atoms with van der Waals surface area (Å²) >= 11 is 3.38. The van der Waals surface area contributed by atoms with Crippen molar-refractivity contribution in [1.29, 1.82) is 0 Å².